The maximum absolute atomic E-state index is 8.81. The van der Waals surface area contributed by atoms with Gasteiger partial charge in [0.05, 0.1) is 0 Å². The molecule has 0 aromatic heterocycles. The third-order valence-electron chi connectivity index (χ3n) is 12.7. The summed E-state index contributed by atoms with van der Waals surface area (Å²) in [6.07, 6.45) is 4.98. The first-order chi connectivity index (χ1) is 24.0. The van der Waals surface area contributed by atoms with E-state index in [4.69, 9.17) is 17.0 Å². The minimum atomic E-state index is -4.94. The van der Waals surface area contributed by atoms with Gasteiger partial charge < -0.3 is 0 Å². The van der Waals surface area contributed by atoms with Gasteiger partial charge in [-0.05, 0) is 0 Å². The Hall–Kier alpha value is -2.48. The number of hydrogen-bond acceptors (Lipinski definition) is 0. The van der Waals surface area contributed by atoms with Crippen LogP contribution in [0.5, 0.6) is 0 Å². The quantitative estimate of drug-likeness (QED) is 0.150. The van der Waals surface area contributed by atoms with Crippen LogP contribution in [-0.4, -0.2) is 5.92 Å². The van der Waals surface area contributed by atoms with Crippen LogP contribution >= 0.6 is 17.0 Å². The summed E-state index contributed by atoms with van der Waals surface area (Å²) in [5, 5.41) is 2.56. The fourth-order valence-corrected chi connectivity index (χ4v) is 41.8. The van der Waals surface area contributed by atoms with Crippen molar-refractivity contribution in [2.75, 3.05) is 0 Å². The van der Waals surface area contributed by atoms with Crippen molar-refractivity contribution in [3.8, 4) is 22.3 Å². The van der Waals surface area contributed by atoms with E-state index in [1.807, 2.05) is 0 Å². The van der Waals surface area contributed by atoms with Crippen LogP contribution in [0.3, 0.4) is 0 Å². The van der Waals surface area contributed by atoms with Gasteiger partial charge in [-0.25, -0.2) is 0 Å². The maximum atomic E-state index is 8.81. The normalized spacial score (nSPS) is 18.1. The molecule has 2 unspecified atom stereocenters. The van der Waals surface area contributed by atoms with E-state index in [0.29, 0.717) is 5.92 Å². The van der Waals surface area contributed by atoms with Gasteiger partial charge in [-0.1, -0.05) is 0 Å². The molecule has 0 N–H and O–H groups in total. The second kappa shape index (κ2) is 12.8. The van der Waals surface area contributed by atoms with Gasteiger partial charge in [0, 0.05) is 0 Å². The average Bonchev–Trinajstić information content (AvgIpc) is 3.67. The molecule has 2 aliphatic carbocycles. The fraction of sp³-hybridized carbons (Fsp3) is 0.319. The Morgan fingerprint density at radius 1 is 0.667 bits per heavy atom. The second-order valence-corrected chi connectivity index (χ2v) is 59.7. The number of benzene rings is 5. The zero-order valence-electron chi connectivity index (χ0n) is 32.3. The fourth-order valence-electron chi connectivity index (χ4n) is 9.55. The number of allylic oxidation sites excluding steroid dienone is 2. The molecule has 4 heteroatoms. The molecule has 5 aromatic rings. The summed E-state index contributed by atoms with van der Waals surface area (Å²) >= 11 is -4.94. The molecular weight excluding hydrogens is 755 g/mol. The van der Waals surface area contributed by atoms with Crippen LogP contribution < -0.4 is 0 Å². The summed E-state index contributed by atoms with van der Waals surface area (Å²) in [7, 11) is 17.6. The minimum absolute atomic E-state index is 0.0530. The first kappa shape index (κ1) is 36.9. The molecule has 0 nitrogen and oxygen atoms in total. The van der Waals surface area contributed by atoms with Crippen LogP contribution in [0.15, 0.2) is 96.1 Å². The molecule has 51 heavy (non-hydrogen) atoms. The molecule has 0 aliphatic heterocycles. The van der Waals surface area contributed by atoms with E-state index in [-0.39, 0.29) is 12.7 Å². The summed E-state index contributed by atoms with van der Waals surface area (Å²) < 4.78 is 0.115. The monoisotopic (exact) mass is 805 g/mol. The molecule has 0 spiro atoms. The Balaban J connectivity index is 1.48. The average molecular weight is 808 g/mol. The van der Waals surface area contributed by atoms with E-state index in [1.54, 1.807) is 0 Å². The molecule has 7 rings (SSSR count). The van der Waals surface area contributed by atoms with Gasteiger partial charge >= 0.3 is 318 Å². The van der Waals surface area contributed by atoms with E-state index in [1.165, 1.54) is 88.7 Å². The molecule has 0 radical (unpaired) electrons. The third kappa shape index (κ3) is 5.61. The molecule has 2 aliphatic rings. The summed E-state index contributed by atoms with van der Waals surface area (Å²) in [6.45, 7) is 25.7. The molecule has 0 bridgehead atoms. The van der Waals surface area contributed by atoms with Gasteiger partial charge in [-0.3, -0.25) is 0 Å². The van der Waals surface area contributed by atoms with Gasteiger partial charge in [0.1, 0.15) is 0 Å². The van der Waals surface area contributed by atoms with Crippen molar-refractivity contribution in [1.82, 2.24) is 0 Å². The number of halogens is 2. The molecule has 0 fully saturated rings. The van der Waals surface area contributed by atoms with Crippen LogP contribution in [0, 0.1) is 26.7 Å². The number of fused-ring (bicyclic) bond motifs is 3. The standard InChI is InChI=1S/C23H21.C22H25.C2H7Si.2ClH.Zr/c1-14-12-21-16(3)15(2)17(4)23(22(21)13-14)20-11-7-9-18-8-5-6-10-19(18)20;1-15(2)18-13-17-7-6-8-20(21(17)14-18)16-9-11-19(12-10-16)22(3,4)5;1-3-2;;;/h5-13H,1-4H3;6-15H,1-5H3;3H,1-2H3;2*1H;/q;;;;;+2/p-2. The second-order valence-electron chi connectivity index (χ2n) is 17.2. The first-order valence-corrected chi connectivity index (χ1v) is 35.1. The van der Waals surface area contributed by atoms with Crippen LogP contribution in [0.1, 0.15) is 93.3 Å². The molecule has 2 atom stereocenters. The van der Waals surface area contributed by atoms with Crippen molar-refractivity contribution in [2.45, 2.75) is 88.1 Å². The molecule has 5 aromatic carbocycles. The van der Waals surface area contributed by atoms with Crippen molar-refractivity contribution < 1.29 is 15.6 Å². The van der Waals surface area contributed by atoms with Crippen molar-refractivity contribution in [2.24, 2.45) is 5.92 Å². The third-order valence-corrected chi connectivity index (χ3v) is 64.6. The summed E-state index contributed by atoms with van der Waals surface area (Å²) in [5.74, 6) is -1.36. The topological polar surface area (TPSA) is 0 Å². The molecular formula is C47H53Cl2SiZr. The Kier molecular flexibility index (Phi) is 9.27. The van der Waals surface area contributed by atoms with Crippen LogP contribution in [0.2, 0.25) is 13.1 Å². The van der Waals surface area contributed by atoms with Gasteiger partial charge in [-0.15, -0.1) is 0 Å². The first-order valence-electron chi connectivity index (χ1n) is 18.8. The van der Waals surface area contributed by atoms with Crippen LogP contribution in [0.4, 0.5) is 0 Å². The summed E-state index contributed by atoms with van der Waals surface area (Å²) in [5.41, 5.74) is 18.9. The van der Waals surface area contributed by atoms with Crippen molar-refractivity contribution in [1.29, 1.82) is 0 Å². The molecule has 0 heterocycles. The molecule has 0 saturated heterocycles. The Morgan fingerprint density at radius 3 is 1.94 bits per heavy atom. The van der Waals surface area contributed by atoms with Crippen molar-refractivity contribution in [3.05, 3.63) is 141 Å². The van der Waals surface area contributed by atoms with E-state index in [9.17, 15) is 0 Å². The van der Waals surface area contributed by atoms with Gasteiger partial charge in [-0.2, -0.15) is 0 Å². The molecule has 0 saturated carbocycles. The van der Waals surface area contributed by atoms with E-state index in [0.717, 1.165) is 0 Å². The van der Waals surface area contributed by atoms with E-state index in [2.05, 4.69) is 172 Å². The summed E-state index contributed by atoms with van der Waals surface area (Å²) in [4.78, 5) is 0. The van der Waals surface area contributed by atoms with Crippen molar-refractivity contribution >= 4 is 45.9 Å². The molecule has 263 valence electrons. The zero-order chi connectivity index (χ0) is 36.8. The predicted octanol–water partition coefficient (Wildman–Crippen LogP) is 14.6. The number of rotatable bonds is 6. The summed E-state index contributed by atoms with van der Waals surface area (Å²) in [6, 6.07) is 31.7. The van der Waals surface area contributed by atoms with E-state index < -0.39 is 21.5 Å². The Morgan fingerprint density at radius 2 is 1.29 bits per heavy atom. The van der Waals surface area contributed by atoms with E-state index >= 15 is 0 Å². The zero-order valence-corrected chi connectivity index (χ0v) is 37.4. The van der Waals surface area contributed by atoms with Crippen LogP contribution in [-0.2, 0) is 21.0 Å². The van der Waals surface area contributed by atoms with Crippen molar-refractivity contribution in [3.63, 3.8) is 0 Å². The Bertz CT molecular complexity index is 2280. The van der Waals surface area contributed by atoms with Gasteiger partial charge in [0.25, 0.3) is 0 Å². The van der Waals surface area contributed by atoms with Crippen LogP contribution in [0.25, 0.3) is 45.2 Å². The van der Waals surface area contributed by atoms with Gasteiger partial charge in [0.2, 0.25) is 0 Å². The Labute approximate surface area is 315 Å². The SMILES string of the molecule is CC1=Cc2c(-c3cccc4ccccc34)c(C)c(C)c(C)c2[CH]1[Zr]([Cl])([Cl])([CH]1C(C(C)C)=Cc2c(-c3ccc(C(C)(C)C)cc3)cccc21)[SiH](C)C. The predicted molar refractivity (Wildman–Crippen MR) is 227 cm³/mol. The van der Waals surface area contributed by atoms with Gasteiger partial charge in [0.15, 0.2) is 0 Å². The molecule has 0 amide bonds. The number of hydrogen-bond donors (Lipinski definition) is 0.